The van der Waals surface area contributed by atoms with E-state index in [0.717, 1.165) is 12.1 Å². The molecule has 0 aliphatic carbocycles. The Labute approximate surface area is 117 Å². The highest BCUT2D eigenvalue weighted by molar-refractivity contribution is 5.86. The molecular formula is C15H9F3N2O. The van der Waals surface area contributed by atoms with E-state index in [1.165, 1.54) is 30.3 Å². The molecule has 3 rings (SSSR count). The summed E-state index contributed by atoms with van der Waals surface area (Å²) in [6.45, 7) is 0. The summed E-state index contributed by atoms with van der Waals surface area (Å²) in [6.07, 6.45) is 0. The van der Waals surface area contributed by atoms with Gasteiger partial charge in [-0.3, -0.25) is 0 Å². The number of anilines is 1. The Hall–Kier alpha value is -2.76. The molecule has 0 spiro atoms. The van der Waals surface area contributed by atoms with Crippen molar-refractivity contribution in [1.29, 1.82) is 0 Å². The van der Waals surface area contributed by atoms with Gasteiger partial charge in [0.25, 0.3) is 0 Å². The van der Waals surface area contributed by atoms with Crippen LogP contribution in [0.5, 0.6) is 0 Å². The smallest absolute Gasteiger partial charge is 0.177 e. The van der Waals surface area contributed by atoms with Crippen molar-refractivity contribution in [2.75, 3.05) is 5.73 Å². The third-order valence-electron chi connectivity index (χ3n) is 3.03. The first kappa shape index (κ1) is 13.2. The number of hydrogen-bond acceptors (Lipinski definition) is 3. The van der Waals surface area contributed by atoms with E-state index in [-0.39, 0.29) is 22.7 Å². The first-order valence-electron chi connectivity index (χ1n) is 6.03. The molecule has 0 unspecified atom stereocenters. The van der Waals surface area contributed by atoms with Gasteiger partial charge in [0.05, 0.1) is 5.56 Å². The molecule has 1 heterocycles. The standard InChI is InChI=1S/C15H9F3N2O/c16-9-3-1-8(2-4-9)14-13(15(19)20-21-14)11-6-5-10(17)7-12(11)18/h1-7H,(H2,19,20). The highest BCUT2D eigenvalue weighted by Crippen LogP contribution is 2.37. The lowest BCUT2D eigenvalue weighted by molar-refractivity contribution is 0.436. The monoisotopic (exact) mass is 290 g/mol. The quantitative estimate of drug-likeness (QED) is 0.776. The molecule has 2 N–H and O–H groups in total. The SMILES string of the molecule is Nc1noc(-c2ccc(F)cc2)c1-c1ccc(F)cc1F. The van der Waals surface area contributed by atoms with Gasteiger partial charge in [0.15, 0.2) is 11.6 Å². The Kier molecular flexibility index (Phi) is 3.13. The number of nitrogen functional groups attached to an aromatic ring is 1. The number of benzene rings is 2. The summed E-state index contributed by atoms with van der Waals surface area (Å²) < 4.78 is 45.0. The molecule has 6 heteroatoms. The van der Waals surface area contributed by atoms with Crippen molar-refractivity contribution in [1.82, 2.24) is 5.16 Å². The lowest BCUT2D eigenvalue weighted by Gasteiger charge is -2.04. The summed E-state index contributed by atoms with van der Waals surface area (Å²) in [7, 11) is 0. The van der Waals surface area contributed by atoms with Crippen molar-refractivity contribution in [3.8, 4) is 22.5 Å². The third-order valence-corrected chi connectivity index (χ3v) is 3.03. The molecule has 0 bridgehead atoms. The molecule has 0 aliphatic heterocycles. The van der Waals surface area contributed by atoms with Gasteiger partial charge in [-0.15, -0.1) is 0 Å². The molecule has 3 nitrogen and oxygen atoms in total. The van der Waals surface area contributed by atoms with E-state index in [1.54, 1.807) is 0 Å². The van der Waals surface area contributed by atoms with Gasteiger partial charge in [0.1, 0.15) is 17.5 Å². The fourth-order valence-electron chi connectivity index (χ4n) is 2.05. The van der Waals surface area contributed by atoms with Crippen LogP contribution in [0.3, 0.4) is 0 Å². The average Bonchev–Trinajstić information content (AvgIpc) is 2.82. The number of halogens is 3. The second kappa shape index (κ2) is 4.97. The maximum Gasteiger partial charge on any atom is 0.177 e. The van der Waals surface area contributed by atoms with Crippen LogP contribution in [0.25, 0.3) is 22.5 Å². The molecule has 0 aliphatic rings. The van der Waals surface area contributed by atoms with Gasteiger partial charge in [-0.25, -0.2) is 13.2 Å². The topological polar surface area (TPSA) is 52.0 Å². The van der Waals surface area contributed by atoms with Crippen molar-refractivity contribution in [3.05, 3.63) is 59.9 Å². The van der Waals surface area contributed by atoms with Gasteiger partial charge < -0.3 is 10.3 Å². The molecular weight excluding hydrogens is 281 g/mol. The zero-order chi connectivity index (χ0) is 15.0. The number of hydrogen-bond donors (Lipinski definition) is 1. The molecule has 0 radical (unpaired) electrons. The fraction of sp³-hybridized carbons (Fsp3) is 0. The summed E-state index contributed by atoms with van der Waals surface area (Å²) >= 11 is 0. The fourth-order valence-corrected chi connectivity index (χ4v) is 2.05. The van der Waals surface area contributed by atoms with Crippen LogP contribution in [0.1, 0.15) is 0 Å². The van der Waals surface area contributed by atoms with Crippen LogP contribution in [0, 0.1) is 17.5 Å². The Bertz CT molecular complexity index is 797. The van der Waals surface area contributed by atoms with E-state index < -0.39 is 17.5 Å². The van der Waals surface area contributed by atoms with Crippen molar-refractivity contribution in [3.63, 3.8) is 0 Å². The van der Waals surface area contributed by atoms with Gasteiger partial charge in [0, 0.05) is 17.2 Å². The zero-order valence-electron chi connectivity index (χ0n) is 10.6. The summed E-state index contributed by atoms with van der Waals surface area (Å²) in [5.74, 6) is -1.73. The summed E-state index contributed by atoms with van der Waals surface area (Å²) in [6, 6.07) is 8.49. The molecule has 0 atom stereocenters. The molecule has 2 aromatic carbocycles. The second-order valence-electron chi connectivity index (χ2n) is 4.40. The van der Waals surface area contributed by atoms with E-state index >= 15 is 0 Å². The average molecular weight is 290 g/mol. The highest BCUT2D eigenvalue weighted by Gasteiger charge is 2.20. The molecule has 0 amide bonds. The zero-order valence-corrected chi connectivity index (χ0v) is 10.6. The van der Waals surface area contributed by atoms with Crippen LogP contribution in [0.15, 0.2) is 47.0 Å². The maximum atomic E-state index is 13.9. The Morgan fingerprint density at radius 2 is 1.57 bits per heavy atom. The van der Waals surface area contributed by atoms with Crippen molar-refractivity contribution >= 4 is 5.82 Å². The van der Waals surface area contributed by atoms with Crippen LogP contribution < -0.4 is 5.73 Å². The van der Waals surface area contributed by atoms with Crippen molar-refractivity contribution in [2.45, 2.75) is 0 Å². The second-order valence-corrected chi connectivity index (χ2v) is 4.40. The number of aromatic nitrogens is 1. The Morgan fingerprint density at radius 3 is 2.24 bits per heavy atom. The molecule has 21 heavy (non-hydrogen) atoms. The number of rotatable bonds is 2. The van der Waals surface area contributed by atoms with Gasteiger partial charge in [0.2, 0.25) is 0 Å². The Morgan fingerprint density at radius 1 is 0.905 bits per heavy atom. The van der Waals surface area contributed by atoms with Crippen LogP contribution in [0.4, 0.5) is 19.0 Å². The van der Waals surface area contributed by atoms with Crippen LogP contribution in [-0.2, 0) is 0 Å². The minimum Gasteiger partial charge on any atom is -0.380 e. The molecule has 3 aromatic rings. The molecule has 0 saturated carbocycles. The highest BCUT2D eigenvalue weighted by atomic mass is 19.1. The summed E-state index contributed by atoms with van der Waals surface area (Å²) in [4.78, 5) is 0. The van der Waals surface area contributed by atoms with Crippen molar-refractivity contribution in [2.24, 2.45) is 0 Å². The van der Waals surface area contributed by atoms with Gasteiger partial charge >= 0.3 is 0 Å². The molecule has 106 valence electrons. The maximum absolute atomic E-state index is 13.9. The minimum atomic E-state index is -0.784. The molecule has 0 fully saturated rings. The molecule has 0 saturated heterocycles. The van der Waals surface area contributed by atoms with Crippen LogP contribution >= 0.6 is 0 Å². The minimum absolute atomic E-state index is 0.0279. The number of nitrogens with zero attached hydrogens (tertiary/aromatic N) is 1. The summed E-state index contributed by atoms with van der Waals surface area (Å²) in [5, 5.41) is 3.60. The van der Waals surface area contributed by atoms with Crippen LogP contribution in [-0.4, -0.2) is 5.16 Å². The van der Waals surface area contributed by atoms with Gasteiger partial charge in [-0.05, 0) is 36.4 Å². The van der Waals surface area contributed by atoms with Crippen LogP contribution in [0.2, 0.25) is 0 Å². The number of nitrogens with two attached hydrogens (primary N) is 1. The van der Waals surface area contributed by atoms with Crippen molar-refractivity contribution < 1.29 is 17.7 Å². The lowest BCUT2D eigenvalue weighted by atomic mass is 10.0. The molecule has 1 aromatic heterocycles. The van der Waals surface area contributed by atoms with E-state index in [0.29, 0.717) is 5.56 Å². The van der Waals surface area contributed by atoms with E-state index in [9.17, 15) is 13.2 Å². The Balaban J connectivity index is 2.19. The predicted octanol–water partition coefficient (Wildman–Crippen LogP) is 4.01. The third kappa shape index (κ3) is 2.35. The van der Waals surface area contributed by atoms with Gasteiger partial charge in [-0.1, -0.05) is 5.16 Å². The first-order valence-corrected chi connectivity index (χ1v) is 6.03. The van der Waals surface area contributed by atoms with E-state index in [1.807, 2.05) is 0 Å². The first-order chi connectivity index (χ1) is 10.1. The largest absolute Gasteiger partial charge is 0.380 e. The summed E-state index contributed by atoms with van der Waals surface area (Å²) in [5.41, 5.74) is 6.47. The van der Waals surface area contributed by atoms with E-state index in [2.05, 4.69) is 5.16 Å². The predicted molar refractivity (Wildman–Crippen MR) is 71.7 cm³/mol. The van der Waals surface area contributed by atoms with E-state index in [4.69, 9.17) is 10.3 Å². The normalized spacial score (nSPS) is 10.8. The lowest BCUT2D eigenvalue weighted by Crippen LogP contribution is -1.92. The van der Waals surface area contributed by atoms with Gasteiger partial charge in [-0.2, -0.15) is 0 Å².